The number of nitrogens with zero attached hydrogens (tertiary/aromatic N) is 2. The number of rotatable bonds is 5. The lowest BCUT2D eigenvalue weighted by Gasteiger charge is -2.30. The number of para-hydroxylation sites is 1. The van der Waals surface area contributed by atoms with E-state index in [2.05, 4.69) is 32.8 Å². The average molecular weight is 331 g/mol. The first-order valence-corrected chi connectivity index (χ1v) is 9.56. The molecule has 2 aromatic rings. The summed E-state index contributed by atoms with van der Waals surface area (Å²) in [6.07, 6.45) is 4.34. The van der Waals surface area contributed by atoms with Crippen LogP contribution in [0.4, 0.5) is 17.2 Å². The highest BCUT2D eigenvalue weighted by Crippen LogP contribution is 2.32. The summed E-state index contributed by atoms with van der Waals surface area (Å²) in [5.74, 6) is 0.962. The van der Waals surface area contributed by atoms with E-state index in [-0.39, 0.29) is 5.75 Å². The van der Waals surface area contributed by atoms with Crippen molar-refractivity contribution < 1.29 is 8.42 Å². The third kappa shape index (κ3) is 3.64. The lowest BCUT2D eigenvalue weighted by molar-refractivity contribution is 0.600. The molecular formula is C17H21N3O2S. The first kappa shape index (κ1) is 15.8. The van der Waals surface area contributed by atoms with Crippen molar-refractivity contribution >= 4 is 27.2 Å². The quantitative estimate of drug-likeness (QED) is 0.913. The summed E-state index contributed by atoms with van der Waals surface area (Å²) in [5.41, 5.74) is 3.02. The van der Waals surface area contributed by atoms with E-state index in [9.17, 15) is 8.42 Å². The summed E-state index contributed by atoms with van der Waals surface area (Å²) >= 11 is 0. The fraction of sp³-hybridized carbons (Fsp3) is 0.353. The molecule has 0 atom stereocenters. The maximum Gasteiger partial charge on any atom is 0.232 e. The molecule has 1 aliphatic rings. The Kier molecular flexibility index (Phi) is 4.52. The van der Waals surface area contributed by atoms with E-state index >= 15 is 0 Å². The predicted octanol–water partition coefficient (Wildman–Crippen LogP) is 3.32. The molecule has 1 aromatic heterocycles. The van der Waals surface area contributed by atoms with Crippen LogP contribution in [0, 0.1) is 0 Å². The van der Waals surface area contributed by atoms with Gasteiger partial charge in [-0.1, -0.05) is 25.1 Å². The number of pyridine rings is 1. The van der Waals surface area contributed by atoms with Gasteiger partial charge in [-0.15, -0.1) is 0 Å². The summed E-state index contributed by atoms with van der Waals surface area (Å²) < 4.78 is 26.2. The third-order valence-corrected chi connectivity index (χ3v) is 5.37. The van der Waals surface area contributed by atoms with Crippen molar-refractivity contribution in [2.45, 2.75) is 26.2 Å². The van der Waals surface area contributed by atoms with Crippen LogP contribution in [0.2, 0.25) is 0 Å². The minimum absolute atomic E-state index is 0.119. The molecule has 0 amide bonds. The zero-order valence-corrected chi connectivity index (χ0v) is 14.0. The Morgan fingerprint density at radius 1 is 1.22 bits per heavy atom. The van der Waals surface area contributed by atoms with Gasteiger partial charge < -0.3 is 4.90 Å². The summed E-state index contributed by atoms with van der Waals surface area (Å²) in [4.78, 5) is 6.63. The molecule has 1 aliphatic heterocycles. The Morgan fingerprint density at radius 3 is 2.78 bits per heavy atom. The molecule has 0 fully saturated rings. The molecule has 3 rings (SSSR count). The second-order valence-electron chi connectivity index (χ2n) is 5.71. The fourth-order valence-electron chi connectivity index (χ4n) is 2.88. The molecule has 0 spiro atoms. The Balaban J connectivity index is 1.81. The van der Waals surface area contributed by atoms with Crippen LogP contribution in [0.15, 0.2) is 42.6 Å². The van der Waals surface area contributed by atoms with E-state index in [1.54, 1.807) is 12.3 Å². The molecule has 0 radical (unpaired) electrons. The van der Waals surface area contributed by atoms with E-state index in [0.717, 1.165) is 25.2 Å². The average Bonchev–Trinajstić information content (AvgIpc) is 2.55. The largest absolute Gasteiger partial charge is 0.326 e. The van der Waals surface area contributed by atoms with Gasteiger partial charge in [0.05, 0.1) is 17.6 Å². The highest BCUT2D eigenvalue weighted by Gasteiger charge is 2.18. The molecule has 23 heavy (non-hydrogen) atoms. The van der Waals surface area contributed by atoms with Crippen LogP contribution in [-0.4, -0.2) is 25.7 Å². The van der Waals surface area contributed by atoms with Gasteiger partial charge in [0.1, 0.15) is 5.82 Å². The number of benzene rings is 1. The predicted molar refractivity (Wildman–Crippen MR) is 93.7 cm³/mol. The van der Waals surface area contributed by atoms with Gasteiger partial charge in [-0.2, -0.15) is 0 Å². The van der Waals surface area contributed by atoms with Crippen molar-refractivity contribution in [1.82, 2.24) is 4.98 Å². The number of fused-ring (bicyclic) bond motifs is 1. The number of anilines is 3. The van der Waals surface area contributed by atoms with Crippen molar-refractivity contribution in [3.63, 3.8) is 0 Å². The number of sulfonamides is 1. The Hall–Kier alpha value is -2.08. The van der Waals surface area contributed by atoms with Crippen LogP contribution >= 0.6 is 0 Å². The van der Waals surface area contributed by atoms with Gasteiger partial charge in [0.2, 0.25) is 10.0 Å². The first-order valence-electron chi connectivity index (χ1n) is 7.91. The second-order valence-corrected chi connectivity index (χ2v) is 7.55. The van der Waals surface area contributed by atoms with Crippen LogP contribution in [0.5, 0.6) is 0 Å². The summed E-state index contributed by atoms with van der Waals surface area (Å²) in [5, 5.41) is 0. The molecule has 5 nitrogen and oxygen atoms in total. The monoisotopic (exact) mass is 331 g/mol. The summed E-state index contributed by atoms with van der Waals surface area (Å²) in [7, 11) is -3.27. The molecule has 0 unspecified atom stereocenters. The molecule has 0 aliphatic carbocycles. The summed E-state index contributed by atoms with van der Waals surface area (Å²) in [6, 6.07) is 12.0. The topological polar surface area (TPSA) is 62.3 Å². The maximum atomic E-state index is 11.8. The van der Waals surface area contributed by atoms with Crippen molar-refractivity contribution in [2.24, 2.45) is 0 Å². The third-order valence-electron chi connectivity index (χ3n) is 3.88. The van der Waals surface area contributed by atoms with Crippen molar-refractivity contribution in [2.75, 3.05) is 21.9 Å². The Bertz CT molecular complexity index is 773. The molecule has 1 aromatic carbocycles. The number of aryl methyl sites for hydroxylation is 1. The minimum atomic E-state index is -3.27. The first-order chi connectivity index (χ1) is 11.1. The molecule has 0 saturated carbocycles. The standard InChI is InChI=1S/C17H21N3O2S/c1-2-12-23(21,22)19-15-9-10-17(18-13-15)20-11-5-7-14-6-3-4-8-16(14)20/h3-4,6,8-10,13,19H,2,5,7,11-12H2,1H3. The normalized spacial score (nSPS) is 14.4. The van der Waals surface area contributed by atoms with E-state index in [1.807, 2.05) is 19.1 Å². The van der Waals surface area contributed by atoms with Crippen molar-refractivity contribution in [3.05, 3.63) is 48.2 Å². The molecule has 6 heteroatoms. The highest BCUT2D eigenvalue weighted by molar-refractivity contribution is 7.92. The van der Waals surface area contributed by atoms with Crippen LogP contribution in [0.25, 0.3) is 0 Å². The van der Waals surface area contributed by atoms with Crippen LogP contribution < -0.4 is 9.62 Å². The van der Waals surface area contributed by atoms with Gasteiger partial charge in [-0.25, -0.2) is 13.4 Å². The Morgan fingerprint density at radius 2 is 2.04 bits per heavy atom. The molecular weight excluding hydrogens is 310 g/mol. The SMILES string of the molecule is CCCS(=O)(=O)Nc1ccc(N2CCCc3ccccc32)nc1. The molecule has 0 bridgehead atoms. The van der Waals surface area contributed by atoms with E-state index in [0.29, 0.717) is 12.1 Å². The maximum absolute atomic E-state index is 11.8. The number of hydrogen-bond acceptors (Lipinski definition) is 4. The molecule has 122 valence electrons. The van der Waals surface area contributed by atoms with Gasteiger partial charge in [0, 0.05) is 12.2 Å². The highest BCUT2D eigenvalue weighted by atomic mass is 32.2. The molecule has 1 N–H and O–H groups in total. The zero-order chi connectivity index (χ0) is 16.3. The van der Waals surface area contributed by atoms with Gasteiger partial charge in [-0.05, 0) is 43.0 Å². The number of aromatic nitrogens is 1. The van der Waals surface area contributed by atoms with Gasteiger partial charge in [0.15, 0.2) is 0 Å². The van der Waals surface area contributed by atoms with Crippen molar-refractivity contribution in [3.8, 4) is 0 Å². The number of hydrogen-bond donors (Lipinski definition) is 1. The minimum Gasteiger partial charge on any atom is -0.326 e. The molecule has 2 heterocycles. The second kappa shape index (κ2) is 6.58. The smallest absolute Gasteiger partial charge is 0.232 e. The molecule has 0 saturated heterocycles. The number of nitrogens with one attached hydrogen (secondary N) is 1. The fourth-order valence-corrected chi connectivity index (χ4v) is 4.00. The summed E-state index contributed by atoms with van der Waals surface area (Å²) in [6.45, 7) is 2.76. The van der Waals surface area contributed by atoms with E-state index in [1.165, 1.54) is 11.3 Å². The van der Waals surface area contributed by atoms with E-state index in [4.69, 9.17) is 0 Å². The van der Waals surface area contributed by atoms with Crippen LogP contribution in [0.1, 0.15) is 25.3 Å². The van der Waals surface area contributed by atoms with Crippen LogP contribution in [0.3, 0.4) is 0 Å². The Labute approximate surface area is 137 Å². The van der Waals surface area contributed by atoms with Gasteiger partial charge >= 0.3 is 0 Å². The van der Waals surface area contributed by atoms with Crippen LogP contribution in [-0.2, 0) is 16.4 Å². The van der Waals surface area contributed by atoms with Crippen molar-refractivity contribution in [1.29, 1.82) is 0 Å². The lowest BCUT2D eigenvalue weighted by atomic mass is 10.0. The lowest BCUT2D eigenvalue weighted by Crippen LogP contribution is -2.25. The van der Waals surface area contributed by atoms with E-state index < -0.39 is 10.0 Å². The van der Waals surface area contributed by atoms with Gasteiger partial charge in [-0.3, -0.25) is 4.72 Å². The zero-order valence-electron chi connectivity index (χ0n) is 13.2. The van der Waals surface area contributed by atoms with Gasteiger partial charge in [0.25, 0.3) is 0 Å².